The first-order valence-corrected chi connectivity index (χ1v) is 8.69. The van der Waals surface area contributed by atoms with Crippen molar-refractivity contribution in [3.05, 3.63) is 29.8 Å². The summed E-state index contributed by atoms with van der Waals surface area (Å²) in [6.45, 7) is 0.507. The van der Waals surface area contributed by atoms with E-state index >= 15 is 0 Å². The van der Waals surface area contributed by atoms with E-state index in [9.17, 15) is 4.79 Å². The predicted octanol–water partition coefficient (Wildman–Crippen LogP) is 1.22. The third-order valence-electron chi connectivity index (χ3n) is 3.93. The van der Waals surface area contributed by atoms with E-state index in [2.05, 4.69) is 20.8 Å². The Hall–Kier alpha value is -2.09. The Kier molecular flexibility index (Phi) is 3.90. The van der Waals surface area contributed by atoms with Crippen molar-refractivity contribution in [1.29, 1.82) is 0 Å². The summed E-state index contributed by atoms with van der Waals surface area (Å²) in [5.74, 6) is 1.20. The zero-order chi connectivity index (χ0) is 15.6. The first-order valence-electron chi connectivity index (χ1n) is 7.70. The van der Waals surface area contributed by atoms with Gasteiger partial charge < -0.3 is 10.1 Å². The van der Waals surface area contributed by atoms with Gasteiger partial charge in [0.05, 0.1) is 17.8 Å². The lowest BCUT2D eigenvalue weighted by molar-refractivity contribution is -0.119. The number of nitrogens with zero attached hydrogens (tertiary/aromatic N) is 4. The van der Waals surface area contributed by atoms with Gasteiger partial charge in [-0.25, -0.2) is 4.68 Å². The largest absolute Gasteiger partial charge is 0.491 e. The smallest absolute Gasteiger partial charge is 0.230 e. The Morgan fingerprint density at radius 2 is 2.26 bits per heavy atom. The molecule has 0 saturated heterocycles. The summed E-state index contributed by atoms with van der Waals surface area (Å²) >= 11 is 1.38. The number of benzene rings is 1. The van der Waals surface area contributed by atoms with Crippen molar-refractivity contribution in [2.75, 3.05) is 12.4 Å². The Morgan fingerprint density at radius 1 is 1.39 bits per heavy atom. The fourth-order valence-corrected chi connectivity index (χ4v) is 3.40. The SMILES string of the molecule is O=C(CSc1nnnn1C1CC1)N[C@@H]1COc2ccccc2C1. The third kappa shape index (κ3) is 3.31. The molecule has 1 aromatic carbocycles. The molecule has 1 fully saturated rings. The zero-order valence-electron chi connectivity index (χ0n) is 12.5. The van der Waals surface area contributed by atoms with Crippen LogP contribution in [0.15, 0.2) is 29.4 Å². The predicted molar refractivity (Wildman–Crippen MR) is 84.4 cm³/mol. The van der Waals surface area contributed by atoms with Crippen LogP contribution in [0.2, 0.25) is 0 Å². The fourth-order valence-electron chi connectivity index (χ4n) is 2.65. The van der Waals surface area contributed by atoms with E-state index in [-0.39, 0.29) is 11.9 Å². The van der Waals surface area contributed by atoms with Gasteiger partial charge in [0, 0.05) is 0 Å². The number of carbonyl (C=O) groups is 1. The van der Waals surface area contributed by atoms with Gasteiger partial charge in [-0.2, -0.15) is 0 Å². The number of ether oxygens (including phenoxy) is 1. The van der Waals surface area contributed by atoms with E-state index in [0.717, 1.165) is 30.6 Å². The molecule has 1 atom stereocenters. The Bertz CT molecular complexity index is 715. The summed E-state index contributed by atoms with van der Waals surface area (Å²) in [6, 6.07) is 8.36. The highest BCUT2D eigenvalue weighted by Gasteiger charge is 2.28. The monoisotopic (exact) mass is 331 g/mol. The minimum atomic E-state index is -0.0201. The molecule has 1 amide bonds. The van der Waals surface area contributed by atoms with Crippen LogP contribution in [-0.4, -0.2) is 44.5 Å². The van der Waals surface area contributed by atoms with Crippen LogP contribution >= 0.6 is 11.8 Å². The summed E-state index contributed by atoms with van der Waals surface area (Å²) in [4.78, 5) is 12.1. The molecule has 7 nitrogen and oxygen atoms in total. The highest BCUT2D eigenvalue weighted by Crippen LogP contribution is 2.36. The summed E-state index contributed by atoms with van der Waals surface area (Å²) in [5.41, 5.74) is 1.13. The quantitative estimate of drug-likeness (QED) is 0.830. The number of aromatic nitrogens is 4. The molecule has 1 saturated carbocycles. The Morgan fingerprint density at radius 3 is 3.13 bits per heavy atom. The van der Waals surface area contributed by atoms with Crippen LogP contribution in [-0.2, 0) is 11.2 Å². The average Bonchev–Trinajstić information content (AvgIpc) is 3.31. The number of para-hydroxylation sites is 1. The maximum atomic E-state index is 12.1. The molecule has 1 aliphatic heterocycles. The molecule has 4 rings (SSSR count). The molecular formula is C15H17N5O2S. The van der Waals surface area contributed by atoms with Crippen molar-refractivity contribution in [3.8, 4) is 5.75 Å². The van der Waals surface area contributed by atoms with Crippen LogP contribution in [0.1, 0.15) is 24.4 Å². The summed E-state index contributed by atoms with van der Waals surface area (Å²) in [5, 5.41) is 15.4. The van der Waals surface area contributed by atoms with Crippen LogP contribution in [0.4, 0.5) is 0 Å². The molecule has 8 heteroatoms. The lowest BCUT2D eigenvalue weighted by Gasteiger charge is -2.25. The van der Waals surface area contributed by atoms with Gasteiger partial charge in [-0.1, -0.05) is 30.0 Å². The van der Waals surface area contributed by atoms with Crippen LogP contribution in [0.3, 0.4) is 0 Å². The average molecular weight is 331 g/mol. The van der Waals surface area contributed by atoms with Crippen molar-refractivity contribution in [3.63, 3.8) is 0 Å². The molecule has 2 heterocycles. The molecule has 23 heavy (non-hydrogen) atoms. The lowest BCUT2D eigenvalue weighted by atomic mass is 10.0. The fraction of sp³-hybridized carbons (Fsp3) is 0.467. The molecule has 1 aromatic heterocycles. The molecule has 0 bridgehead atoms. The van der Waals surface area contributed by atoms with Gasteiger partial charge >= 0.3 is 0 Å². The van der Waals surface area contributed by atoms with Crippen LogP contribution < -0.4 is 10.1 Å². The van der Waals surface area contributed by atoms with Crippen LogP contribution in [0, 0.1) is 0 Å². The van der Waals surface area contributed by atoms with E-state index in [1.165, 1.54) is 11.8 Å². The highest BCUT2D eigenvalue weighted by atomic mass is 32.2. The molecule has 1 aliphatic carbocycles. The number of nitrogens with one attached hydrogen (secondary N) is 1. The van der Waals surface area contributed by atoms with Gasteiger partial charge in [0.15, 0.2) is 0 Å². The van der Waals surface area contributed by atoms with E-state index in [1.807, 2.05) is 28.9 Å². The van der Waals surface area contributed by atoms with Crippen molar-refractivity contribution in [1.82, 2.24) is 25.5 Å². The second-order valence-electron chi connectivity index (χ2n) is 5.81. The van der Waals surface area contributed by atoms with E-state index in [0.29, 0.717) is 23.6 Å². The Labute approximate surface area is 137 Å². The first kappa shape index (κ1) is 14.5. The number of fused-ring (bicyclic) bond motifs is 1. The van der Waals surface area contributed by atoms with Gasteiger partial charge in [-0.3, -0.25) is 4.79 Å². The number of rotatable bonds is 5. The van der Waals surface area contributed by atoms with Gasteiger partial charge in [-0.15, -0.1) is 5.10 Å². The molecule has 120 valence electrons. The third-order valence-corrected chi connectivity index (χ3v) is 4.87. The first-order chi connectivity index (χ1) is 11.3. The van der Waals surface area contributed by atoms with Gasteiger partial charge in [0.1, 0.15) is 12.4 Å². The lowest BCUT2D eigenvalue weighted by Crippen LogP contribution is -2.43. The van der Waals surface area contributed by atoms with Crippen molar-refractivity contribution >= 4 is 17.7 Å². The number of carbonyl (C=O) groups excluding carboxylic acids is 1. The van der Waals surface area contributed by atoms with E-state index < -0.39 is 0 Å². The van der Waals surface area contributed by atoms with E-state index in [4.69, 9.17) is 4.74 Å². The number of thioether (sulfide) groups is 1. The highest BCUT2D eigenvalue weighted by molar-refractivity contribution is 7.99. The van der Waals surface area contributed by atoms with Crippen molar-refractivity contribution in [2.45, 2.75) is 36.5 Å². The minimum absolute atomic E-state index is 0.0115. The molecule has 0 radical (unpaired) electrons. The standard InChI is InChI=1S/C15H17N5O2S/c21-14(9-23-15-17-18-19-20(15)12-5-6-12)16-11-7-10-3-1-2-4-13(10)22-8-11/h1-4,11-12H,5-9H2,(H,16,21)/t11-/m0/s1. The molecular weight excluding hydrogens is 314 g/mol. The van der Waals surface area contributed by atoms with Crippen LogP contribution in [0.25, 0.3) is 0 Å². The number of hydrogen-bond acceptors (Lipinski definition) is 6. The number of amides is 1. The summed E-state index contributed by atoms with van der Waals surface area (Å²) in [7, 11) is 0. The maximum Gasteiger partial charge on any atom is 0.230 e. The topological polar surface area (TPSA) is 81.9 Å². The maximum absolute atomic E-state index is 12.1. The normalized spacial score (nSPS) is 19.7. The van der Waals surface area contributed by atoms with Crippen molar-refractivity contribution < 1.29 is 9.53 Å². The Balaban J connectivity index is 1.30. The minimum Gasteiger partial charge on any atom is -0.491 e. The van der Waals surface area contributed by atoms with Crippen molar-refractivity contribution in [2.24, 2.45) is 0 Å². The second kappa shape index (κ2) is 6.19. The summed E-state index contributed by atoms with van der Waals surface area (Å²) < 4.78 is 7.51. The van der Waals surface area contributed by atoms with Gasteiger partial charge in [0.2, 0.25) is 11.1 Å². The number of tetrazole rings is 1. The van der Waals surface area contributed by atoms with E-state index in [1.54, 1.807) is 0 Å². The molecule has 1 N–H and O–H groups in total. The summed E-state index contributed by atoms with van der Waals surface area (Å²) in [6.07, 6.45) is 3.03. The second-order valence-corrected chi connectivity index (χ2v) is 6.76. The van der Waals surface area contributed by atoms with Gasteiger partial charge in [-0.05, 0) is 41.3 Å². The molecule has 0 spiro atoms. The molecule has 0 unspecified atom stereocenters. The van der Waals surface area contributed by atoms with Crippen LogP contribution in [0.5, 0.6) is 5.75 Å². The zero-order valence-corrected chi connectivity index (χ0v) is 13.3. The molecule has 2 aromatic rings. The molecule has 2 aliphatic rings. The number of hydrogen-bond donors (Lipinski definition) is 1. The van der Waals surface area contributed by atoms with Gasteiger partial charge in [0.25, 0.3) is 0 Å².